The van der Waals surface area contributed by atoms with Gasteiger partial charge in [0.25, 0.3) is 0 Å². The summed E-state index contributed by atoms with van der Waals surface area (Å²) in [5.41, 5.74) is 0.644. The number of nitrogens with zero attached hydrogens (tertiary/aromatic N) is 1. The third kappa shape index (κ3) is 3.31. The van der Waals surface area contributed by atoms with Gasteiger partial charge in [-0.05, 0) is 17.7 Å². The molecule has 0 bridgehead atoms. The molecule has 0 fully saturated rings. The van der Waals surface area contributed by atoms with E-state index in [9.17, 15) is 12.8 Å². The Morgan fingerprint density at radius 2 is 2.00 bits per heavy atom. The summed E-state index contributed by atoms with van der Waals surface area (Å²) in [6, 6.07) is 8.50. The third-order valence-electron chi connectivity index (χ3n) is 2.60. The maximum atomic E-state index is 13.5. The van der Waals surface area contributed by atoms with E-state index in [4.69, 9.17) is 4.74 Å². The summed E-state index contributed by atoms with van der Waals surface area (Å²) in [7, 11) is -2.40. The minimum absolute atomic E-state index is 0.0215. The molecule has 0 aliphatic heterocycles. The largest absolute Gasteiger partial charge is 0.481 e. The number of nitrogens with one attached hydrogen (secondary N) is 1. The lowest BCUT2D eigenvalue weighted by atomic mass is 10.3. The van der Waals surface area contributed by atoms with E-state index in [1.165, 1.54) is 31.5 Å². The Labute approximate surface area is 116 Å². The highest BCUT2D eigenvalue weighted by atomic mass is 32.2. The van der Waals surface area contributed by atoms with Crippen molar-refractivity contribution in [1.82, 2.24) is 9.71 Å². The second-order valence-electron chi connectivity index (χ2n) is 3.96. The number of pyridine rings is 1. The van der Waals surface area contributed by atoms with Gasteiger partial charge in [-0.1, -0.05) is 18.2 Å². The first-order valence-electron chi connectivity index (χ1n) is 5.76. The van der Waals surface area contributed by atoms with Crippen LogP contribution in [0.25, 0.3) is 0 Å². The van der Waals surface area contributed by atoms with Crippen LogP contribution in [0, 0.1) is 5.82 Å². The van der Waals surface area contributed by atoms with Gasteiger partial charge < -0.3 is 4.74 Å². The zero-order chi connectivity index (χ0) is 14.6. The quantitative estimate of drug-likeness (QED) is 0.912. The molecule has 0 aliphatic rings. The summed E-state index contributed by atoms with van der Waals surface area (Å²) in [4.78, 5) is 3.58. The third-order valence-corrected chi connectivity index (χ3v) is 4.03. The number of rotatable bonds is 5. The highest BCUT2D eigenvalue weighted by molar-refractivity contribution is 7.89. The number of sulfonamides is 1. The number of ether oxygens (including phenoxy) is 1. The van der Waals surface area contributed by atoms with Crippen molar-refractivity contribution in [3.63, 3.8) is 0 Å². The molecule has 2 rings (SSSR count). The van der Waals surface area contributed by atoms with Crippen LogP contribution in [-0.4, -0.2) is 20.5 Å². The van der Waals surface area contributed by atoms with Gasteiger partial charge in [0.05, 0.1) is 7.11 Å². The number of halogens is 1. The van der Waals surface area contributed by atoms with Crippen molar-refractivity contribution < 1.29 is 17.5 Å². The van der Waals surface area contributed by atoms with Gasteiger partial charge in [-0.3, -0.25) is 0 Å². The van der Waals surface area contributed by atoms with Crippen molar-refractivity contribution in [2.24, 2.45) is 0 Å². The minimum Gasteiger partial charge on any atom is -0.481 e. The van der Waals surface area contributed by atoms with Gasteiger partial charge in [0.1, 0.15) is 10.7 Å². The smallest absolute Gasteiger partial charge is 0.243 e. The normalized spacial score (nSPS) is 11.3. The van der Waals surface area contributed by atoms with Crippen LogP contribution in [0.3, 0.4) is 0 Å². The average Bonchev–Trinajstić information content (AvgIpc) is 2.46. The van der Waals surface area contributed by atoms with E-state index in [2.05, 4.69) is 9.71 Å². The Morgan fingerprint density at radius 1 is 1.25 bits per heavy atom. The average molecular weight is 296 g/mol. The van der Waals surface area contributed by atoms with Gasteiger partial charge in [-0.25, -0.2) is 22.5 Å². The lowest BCUT2D eigenvalue weighted by Crippen LogP contribution is -2.24. The lowest BCUT2D eigenvalue weighted by Gasteiger charge is -2.07. The SMILES string of the molecule is COc1ccc(CNS(=O)(=O)c2ccccc2F)cn1. The van der Waals surface area contributed by atoms with Crippen LogP contribution in [0.5, 0.6) is 5.88 Å². The molecule has 0 saturated heterocycles. The Hall–Kier alpha value is -1.99. The summed E-state index contributed by atoms with van der Waals surface area (Å²) < 4.78 is 44.6. The monoisotopic (exact) mass is 296 g/mol. The number of hydrogen-bond acceptors (Lipinski definition) is 4. The van der Waals surface area contributed by atoms with Crippen molar-refractivity contribution in [1.29, 1.82) is 0 Å². The van der Waals surface area contributed by atoms with Gasteiger partial charge in [-0.2, -0.15) is 0 Å². The fraction of sp³-hybridized carbons (Fsp3) is 0.154. The molecular weight excluding hydrogens is 283 g/mol. The molecule has 20 heavy (non-hydrogen) atoms. The number of methoxy groups -OCH3 is 1. The molecule has 1 aromatic carbocycles. The zero-order valence-corrected chi connectivity index (χ0v) is 11.5. The zero-order valence-electron chi connectivity index (χ0n) is 10.7. The number of aromatic nitrogens is 1. The molecular formula is C13H13FN2O3S. The Balaban J connectivity index is 2.11. The lowest BCUT2D eigenvalue weighted by molar-refractivity contribution is 0.397. The summed E-state index contributed by atoms with van der Waals surface area (Å²) in [5.74, 6) is -0.349. The van der Waals surface area contributed by atoms with Crippen LogP contribution in [-0.2, 0) is 16.6 Å². The molecule has 0 radical (unpaired) electrons. The van der Waals surface area contributed by atoms with Crippen LogP contribution in [0.15, 0.2) is 47.5 Å². The number of hydrogen-bond donors (Lipinski definition) is 1. The molecule has 0 amide bonds. The van der Waals surface area contributed by atoms with E-state index in [1.54, 1.807) is 12.1 Å². The highest BCUT2D eigenvalue weighted by Gasteiger charge is 2.17. The predicted molar refractivity (Wildman–Crippen MR) is 71.2 cm³/mol. The van der Waals surface area contributed by atoms with E-state index < -0.39 is 15.8 Å². The van der Waals surface area contributed by atoms with E-state index in [1.807, 2.05) is 0 Å². The molecule has 106 valence electrons. The second-order valence-corrected chi connectivity index (χ2v) is 5.70. The summed E-state index contributed by atoms with van der Waals surface area (Å²) >= 11 is 0. The first-order valence-corrected chi connectivity index (χ1v) is 7.24. The minimum atomic E-state index is -3.89. The van der Waals surface area contributed by atoms with Crippen molar-refractivity contribution in [2.45, 2.75) is 11.4 Å². The van der Waals surface area contributed by atoms with Crippen molar-refractivity contribution >= 4 is 10.0 Å². The van der Waals surface area contributed by atoms with Gasteiger partial charge in [0.15, 0.2) is 0 Å². The molecule has 1 heterocycles. The first kappa shape index (κ1) is 14.4. The molecule has 0 spiro atoms. The first-order chi connectivity index (χ1) is 9.53. The molecule has 0 saturated carbocycles. The molecule has 2 aromatic rings. The molecule has 0 unspecified atom stereocenters. The van der Waals surface area contributed by atoms with Gasteiger partial charge in [-0.15, -0.1) is 0 Å². The van der Waals surface area contributed by atoms with E-state index in [0.717, 1.165) is 6.07 Å². The Kier molecular flexibility index (Phi) is 4.31. The fourth-order valence-electron chi connectivity index (χ4n) is 1.56. The molecule has 5 nitrogen and oxygen atoms in total. The fourth-order valence-corrected chi connectivity index (χ4v) is 2.65. The maximum Gasteiger partial charge on any atom is 0.243 e. The van der Waals surface area contributed by atoms with E-state index in [-0.39, 0.29) is 11.4 Å². The van der Waals surface area contributed by atoms with Gasteiger partial charge in [0.2, 0.25) is 15.9 Å². The molecule has 1 N–H and O–H groups in total. The highest BCUT2D eigenvalue weighted by Crippen LogP contribution is 2.14. The van der Waals surface area contributed by atoms with Crippen molar-refractivity contribution in [3.8, 4) is 5.88 Å². The molecule has 7 heteroatoms. The Bertz CT molecular complexity index is 687. The summed E-state index contributed by atoms with van der Waals surface area (Å²) in [6.07, 6.45) is 1.49. The van der Waals surface area contributed by atoms with Crippen LogP contribution >= 0.6 is 0 Å². The standard InChI is InChI=1S/C13H13FN2O3S/c1-19-13-7-6-10(8-15-13)9-16-20(17,18)12-5-3-2-4-11(12)14/h2-8,16H,9H2,1H3. The predicted octanol–water partition coefficient (Wildman–Crippen LogP) is 1.71. The summed E-state index contributed by atoms with van der Waals surface area (Å²) in [5, 5.41) is 0. The van der Waals surface area contributed by atoms with Crippen LogP contribution < -0.4 is 9.46 Å². The number of benzene rings is 1. The maximum absolute atomic E-state index is 13.5. The van der Waals surface area contributed by atoms with Crippen molar-refractivity contribution in [3.05, 3.63) is 54.0 Å². The van der Waals surface area contributed by atoms with Crippen LogP contribution in [0.1, 0.15) is 5.56 Å². The van der Waals surface area contributed by atoms with Crippen LogP contribution in [0.2, 0.25) is 0 Å². The topological polar surface area (TPSA) is 68.3 Å². The molecule has 1 aromatic heterocycles. The molecule has 0 aliphatic carbocycles. The second kappa shape index (κ2) is 5.98. The molecule has 0 atom stereocenters. The van der Waals surface area contributed by atoms with E-state index >= 15 is 0 Å². The summed E-state index contributed by atoms with van der Waals surface area (Å²) in [6.45, 7) is 0.0215. The van der Waals surface area contributed by atoms with Gasteiger partial charge in [0, 0.05) is 18.8 Å². The van der Waals surface area contributed by atoms with Crippen molar-refractivity contribution in [2.75, 3.05) is 7.11 Å². The van der Waals surface area contributed by atoms with Gasteiger partial charge >= 0.3 is 0 Å². The van der Waals surface area contributed by atoms with E-state index in [0.29, 0.717) is 11.4 Å². The van der Waals surface area contributed by atoms with Crippen LogP contribution in [0.4, 0.5) is 4.39 Å². The Morgan fingerprint density at radius 3 is 2.60 bits per heavy atom.